The van der Waals surface area contributed by atoms with E-state index in [9.17, 15) is 14.7 Å². The van der Waals surface area contributed by atoms with E-state index in [4.69, 9.17) is 14.2 Å². The zero-order valence-electron chi connectivity index (χ0n) is 22.8. The van der Waals surface area contributed by atoms with Crippen molar-refractivity contribution in [2.75, 3.05) is 14.2 Å². The molecule has 6 heteroatoms. The summed E-state index contributed by atoms with van der Waals surface area (Å²) in [5.74, 6) is 2.59. The maximum Gasteiger partial charge on any atom is 0.305 e. The highest BCUT2D eigenvalue weighted by atomic mass is 16.5. The van der Waals surface area contributed by atoms with Crippen LogP contribution in [0.15, 0.2) is 0 Å². The largest absolute Gasteiger partial charge is 0.469 e. The Hall–Kier alpha value is -1.14. The number of methoxy groups -OCH3 is 2. The van der Waals surface area contributed by atoms with Gasteiger partial charge in [0.05, 0.1) is 18.8 Å². The van der Waals surface area contributed by atoms with E-state index in [-0.39, 0.29) is 29.6 Å². The zero-order chi connectivity index (χ0) is 25.6. The molecule has 0 radical (unpaired) electrons. The maximum absolute atomic E-state index is 12.2. The highest BCUT2D eigenvalue weighted by Gasteiger charge is 2.68. The summed E-state index contributed by atoms with van der Waals surface area (Å²) >= 11 is 0. The molecule has 0 aromatic carbocycles. The summed E-state index contributed by atoms with van der Waals surface area (Å²) in [6.45, 7) is 8.67. The molecule has 0 aliphatic heterocycles. The zero-order valence-corrected chi connectivity index (χ0v) is 22.8. The monoisotopic (exact) mass is 492 g/mol. The predicted octanol–water partition coefficient (Wildman–Crippen LogP) is 5.30. The Bertz CT molecular complexity index is 798. The molecule has 0 bridgehead atoms. The molecular weight excluding hydrogens is 444 g/mol. The molecule has 4 fully saturated rings. The molecule has 0 heterocycles. The Morgan fingerprint density at radius 1 is 1.06 bits per heavy atom. The van der Waals surface area contributed by atoms with Gasteiger partial charge in [0.2, 0.25) is 0 Å². The number of fused-ring (bicyclic) bond motifs is 5. The molecule has 1 N–H and O–H groups in total. The van der Waals surface area contributed by atoms with E-state index in [0.717, 1.165) is 38.5 Å². The van der Waals surface area contributed by atoms with Gasteiger partial charge in [-0.25, -0.2) is 0 Å². The minimum absolute atomic E-state index is 0.106. The van der Waals surface area contributed by atoms with E-state index >= 15 is 0 Å². The van der Waals surface area contributed by atoms with Crippen molar-refractivity contribution in [2.24, 2.45) is 40.4 Å². The average molecular weight is 493 g/mol. The van der Waals surface area contributed by atoms with Crippen LogP contribution in [0.4, 0.5) is 0 Å². The van der Waals surface area contributed by atoms with Gasteiger partial charge < -0.3 is 19.3 Å². The minimum atomic E-state index is -0.964. The summed E-state index contributed by atoms with van der Waals surface area (Å²) in [7, 11) is 3.20. The molecule has 35 heavy (non-hydrogen) atoms. The average Bonchev–Trinajstić information content (AvgIpc) is 3.16. The van der Waals surface area contributed by atoms with Crippen LogP contribution in [0.2, 0.25) is 0 Å². The smallest absolute Gasteiger partial charge is 0.305 e. The van der Waals surface area contributed by atoms with Crippen molar-refractivity contribution in [3.8, 4) is 0 Å². The first-order chi connectivity index (χ1) is 16.5. The van der Waals surface area contributed by atoms with Gasteiger partial charge in [-0.15, -0.1) is 0 Å². The first-order valence-electron chi connectivity index (χ1n) is 14.0. The number of ether oxygens (including phenoxy) is 3. The fraction of sp³-hybridized carbons (Fsp3) is 0.931. The molecule has 0 spiro atoms. The van der Waals surface area contributed by atoms with Crippen LogP contribution >= 0.6 is 0 Å². The van der Waals surface area contributed by atoms with E-state index in [1.165, 1.54) is 33.3 Å². The molecule has 0 aromatic heterocycles. The SMILES string of the molecule is COC(=O)CCCC(C)[C@H]1CC[C@H]2[C@@H]3CC(OC)C4(O)C[C@@H](OC(C)=O)CC[C@]4(C)[C@H]3CC[C@]12C. The quantitative estimate of drug-likeness (QED) is 0.486. The second-order valence-corrected chi connectivity index (χ2v) is 12.8. The van der Waals surface area contributed by atoms with Gasteiger partial charge in [-0.2, -0.15) is 0 Å². The molecule has 4 aliphatic carbocycles. The van der Waals surface area contributed by atoms with Crippen molar-refractivity contribution in [3.05, 3.63) is 0 Å². The van der Waals surface area contributed by atoms with E-state index in [1.54, 1.807) is 7.11 Å². The molecule has 10 atom stereocenters. The van der Waals surface area contributed by atoms with E-state index in [2.05, 4.69) is 20.8 Å². The number of hydrogen-bond acceptors (Lipinski definition) is 6. The summed E-state index contributed by atoms with van der Waals surface area (Å²) in [6.07, 6.45) is 9.97. The van der Waals surface area contributed by atoms with Crippen molar-refractivity contribution in [1.29, 1.82) is 0 Å². The lowest BCUT2D eigenvalue weighted by Crippen LogP contribution is -2.69. The summed E-state index contributed by atoms with van der Waals surface area (Å²) in [5.41, 5.74) is -0.877. The second-order valence-electron chi connectivity index (χ2n) is 12.8. The lowest BCUT2D eigenvalue weighted by atomic mass is 9.42. The Balaban J connectivity index is 1.52. The topological polar surface area (TPSA) is 82.1 Å². The number of carbonyl (C=O) groups excluding carboxylic acids is 2. The standard InChI is InChI=1S/C29H48O6/c1-18(8-7-9-26(31)34-6)22-10-11-23-21-16-25(33-5)29(32)17-20(35-19(2)30)12-15-28(29,4)24(21)13-14-27(22,23)3/h18,20-25,32H,7-17H2,1-6H3/t18?,20-,21-,22+,23-,24-,25?,27+,28+,29?/m0/s1. The van der Waals surface area contributed by atoms with E-state index in [0.29, 0.717) is 47.8 Å². The molecule has 0 aromatic rings. The Morgan fingerprint density at radius 2 is 1.80 bits per heavy atom. The number of aliphatic hydroxyl groups is 1. The van der Waals surface area contributed by atoms with Crippen molar-refractivity contribution in [3.63, 3.8) is 0 Å². The van der Waals surface area contributed by atoms with Gasteiger partial charge in [-0.1, -0.05) is 20.8 Å². The number of carbonyl (C=O) groups is 2. The van der Waals surface area contributed by atoms with Gasteiger partial charge in [-0.05, 0) is 92.8 Å². The Morgan fingerprint density at radius 3 is 2.46 bits per heavy atom. The number of hydrogen-bond donors (Lipinski definition) is 1. The summed E-state index contributed by atoms with van der Waals surface area (Å²) < 4.78 is 16.4. The Kier molecular flexibility index (Phi) is 7.66. The molecule has 0 amide bonds. The molecule has 0 saturated heterocycles. The third-order valence-electron chi connectivity index (χ3n) is 11.4. The molecule has 3 unspecified atom stereocenters. The van der Waals surface area contributed by atoms with Gasteiger partial charge >= 0.3 is 11.9 Å². The third kappa shape index (κ3) is 4.45. The van der Waals surface area contributed by atoms with Crippen molar-refractivity contribution >= 4 is 11.9 Å². The first kappa shape index (κ1) is 26.9. The van der Waals surface area contributed by atoms with Gasteiger partial charge in [0, 0.05) is 32.3 Å². The molecular formula is C29H48O6. The Labute approximate surface area is 211 Å². The van der Waals surface area contributed by atoms with Crippen LogP contribution in [0, 0.1) is 40.4 Å². The summed E-state index contributed by atoms with van der Waals surface area (Å²) in [6, 6.07) is 0. The van der Waals surface area contributed by atoms with Crippen LogP contribution in [-0.4, -0.2) is 49.1 Å². The van der Waals surface area contributed by atoms with Crippen LogP contribution in [-0.2, 0) is 23.8 Å². The highest BCUT2D eigenvalue weighted by molar-refractivity contribution is 5.69. The van der Waals surface area contributed by atoms with Gasteiger partial charge in [0.15, 0.2) is 0 Å². The van der Waals surface area contributed by atoms with Gasteiger partial charge in [0.1, 0.15) is 6.10 Å². The number of rotatable bonds is 7. The molecule has 200 valence electrons. The molecule has 6 nitrogen and oxygen atoms in total. The predicted molar refractivity (Wildman–Crippen MR) is 133 cm³/mol. The maximum atomic E-state index is 12.2. The summed E-state index contributed by atoms with van der Waals surface area (Å²) in [4.78, 5) is 23.2. The van der Waals surface area contributed by atoms with Crippen molar-refractivity contribution in [2.45, 2.75) is 116 Å². The molecule has 4 aliphatic rings. The lowest BCUT2D eigenvalue weighted by molar-refractivity contribution is -0.271. The number of esters is 2. The van der Waals surface area contributed by atoms with Gasteiger partial charge in [-0.3, -0.25) is 9.59 Å². The van der Waals surface area contributed by atoms with Crippen molar-refractivity contribution in [1.82, 2.24) is 0 Å². The van der Waals surface area contributed by atoms with E-state index < -0.39 is 5.60 Å². The van der Waals surface area contributed by atoms with Gasteiger partial charge in [0.25, 0.3) is 0 Å². The first-order valence-corrected chi connectivity index (χ1v) is 14.0. The van der Waals surface area contributed by atoms with Crippen LogP contribution in [0.25, 0.3) is 0 Å². The second kappa shape index (κ2) is 9.96. The van der Waals surface area contributed by atoms with Crippen LogP contribution in [0.5, 0.6) is 0 Å². The third-order valence-corrected chi connectivity index (χ3v) is 11.4. The fourth-order valence-corrected chi connectivity index (χ4v) is 9.69. The van der Waals surface area contributed by atoms with Crippen LogP contribution in [0.3, 0.4) is 0 Å². The minimum Gasteiger partial charge on any atom is -0.469 e. The van der Waals surface area contributed by atoms with Crippen LogP contribution < -0.4 is 0 Å². The molecule has 4 rings (SSSR count). The fourth-order valence-electron chi connectivity index (χ4n) is 9.69. The normalized spacial score (nSPS) is 45.6. The van der Waals surface area contributed by atoms with E-state index in [1.807, 2.05) is 0 Å². The lowest BCUT2D eigenvalue weighted by Gasteiger charge is -2.66. The van der Waals surface area contributed by atoms with Crippen molar-refractivity contribution < 1.29 is 28.9 Å². The highest BCUT2D eigenvalue weighted by Crippen LogP contribution is 2.69. The van der Waals surface area contributed by atoms with Crippen LogP contribution in [0.1, 0.15) is 98.3 Å². The summed E-state index contributed by atoms with van der Waals surface area (Å²) in [5, 5.41) is 12.2. The molecule has 4 saturated carbocycles.